The van der Waals surface area contributed by atoms with Crippen LogP contribution in [0.3, 0.4) is 0 Å². The molecule has 2 N–H and O–H groups in total. The number of ether oxygens (including phenoxy) is 1. The van der Waals surface area contributed by atoms with Gasteiger partial charge in [-0.25, -0.2) is 0 Å². The lowest BCUT2D eigenvalue weighted by Crippen LogP contribution is -2.43. The van der Waals surface area contributed by atoms with Gasteiger partial charge >= 0.3 is 0 Å². The Balaban J connectivity index is 0.00000144. The van der Waals surface area contributed by atoms with Gasteiger partial charge in [0.25, 0.3) is 0 Å². The first-order valence-corrected chi connectivity index (χ1v) is 4.08. The highest BCUT2D eigenvalue weighted by Gasteiger charge is 2.32. The fraction of sp³-hybridized carbons (Fsp3) is 0.875. The van der Waals surface area contributed by atoms with Gasteiger partial charge in [-0.1, -0.05) is 6.92 Å². The van der Waals surface area contributed by atoms with Gasteiger partial charge in [0, 0.05) is 19.5 Å². The van der Waals surface area contributed by atoms with E-state index in [1.807, 2.05) is 19.0 Å². The van der Waals surface area contributed by atoms with Gasteiger partial charge in [-0.3, -0.25) is 4.99 Å². The smallest absolute Gasteiger partial charge is 0.190 e. The molecule has 1 fully saturated rings. The Labute approximate surface area is 96.5 Å². The number of aliphatic imine (C=N–C) groups is 1. The van der Waals surface area contributed by atoms with Crippen LogP contribution in [0.25, 0.3) is 0 Å². The molecule has 0 aliphatic carbocycles. The van der Waals surface area contributed by atoms with E-state index in [0.717, 1.165) is 19.8 Å². The molecule has 0 radical (unpaired) electrons. The summed E-state index contributed by atoms with van der Waals surface area (Å²) in [6, 6.07) is 0. The van der Waals surface area contributed by atoms with E-state index < -0.39 is 0 Å². The largest absolute Gasteiger partial charge is 0.380 e. The van der Waals surface area contributed by atoms with Crippen molar-refractivity contribution in [3.05, 3.63) is 0 Å². The lowest BCUT2D eigenvalue weighted by molar-refractivity contribution is -0.0945. The molecule has 1 rings (SSSR count). The number of nitrogens with zero attached hydrogens (tertiary/aromatic N) is 2. The number of guanidine groups is 1. The van der Waals surface area contributed by atoms with Crippen LogP contribution in [0.1, 0.15) is 6.92 Å². The van der Waals surface area contributed by atoms with E-state index in [1.54, 1.807) is 0 Å². The molecule has 0 aromatic heterocycles. The molecule has 4 nitrogen and oxygen atoms in total. The van der Waals surface area contributed by atoms with Crippen LogP contribution in [-0.2, 0) is 4.74 Å². The van der Waals surface area contributed by atoms with E-state index >= 15 is 0 Å². The third-order valence-electron chi connectivity index (χ3n) is 1.98. The van der Waals surface area contributed by atoms with E-state index in [9.17, 15) is 0 Å². The normalized spacial score (nSPS) is 20.1. The third-order valence-corrected chi connectivity index (χ3v) is 1.98. The van der Waals surface area contributed by atoms with Crippen molar-refractivity contribution in [3.8, 4) is 0 Å². The molecule has 78 valence electrons. The molecule has 1 heterocycles. The SMILES string of the molecule is CN(C)C(N)=NCC1(C)COC1.I. The maximum absolute atomic E-state index is 5.64. The Bertz CT molecular complexity index is 190. The van der Waals surface area contributed by atoms with Crippen LogP contribution in [0.15, 0.2) is 4.99 Å². The van der Waals surface area contributed by atoms with Crippen LogP contribution in [-0.4, -0.2) is 44.7 Å². The van der Waals surface area contributed by atoms with Gasteiger partial charge in [0.05, 0.1) is 19.8 Å². The van der Waals surface area contributed by atoms with Gasteiger partial charge in [0.1, 0.15) is 0 Å². The second-order valence-electron chi connectivity index (χ2n) is 3.87. The summed E-state index contributed by atoms with van der Waals surface area (Å²) < 4.78 is 5.11. The Morgan fingerprint density at radius 1 is 1.54 bits per heavy atom. The minimum atomic E-state index is 0. The van der Waals surface area contributed by atoms with E-state index in [-0.39, 0.29) is 29.4 Å². The van der Waals surface area contributed by atoms with E-state index in [1.165, 1.54) is 0 Å². The number of halogens is 1. The van der Waals surface area contributed by atoms with Crippen LogP contribution < -0.4 is 5.73 Å². The number of rotatable bonds is 2. The zero-order valence-electron chi connectivity index (χ0n) is 8.41. The summed E-state index contributed by atoms with van der Waals surface area (Å²) in [5.41, 5.74) is 5.86. The van der Waals surface area contributed by atoms with E-state index in [4.69, 9.17) is 10.5 Å². The molecule has 1 aliphatic heterocycles. The van der Waals surface area contributed by atoms with Gasteiger partial charge in [-0.05, 0) is 0 Å². The maximum atomic E-state index is 5.64. The molecule has 1 aliphatic rings. The lowest BCUT2D eigenvalue weighted by atomic mass is 9.89. The fourth-order valence-electron chi connectivity index (χ4n) is 0.955. The van der Waals surface area contributed by atoms with Crippen molar-refractivity contribution < 1.29 is 4.74 Å². The van der Waals surface area contributed by atoms with Crippen molar-refractivity contribution in [2.75, 3.05) is 33.9 Å². The van der Waals surface area contributed by atoms with E-state index in [2.05, 4.69) is 11.9 Å². The average Bonchev–Trinajstić information content (AvgIpc) is 1.96. The molecule has 0 saturated carbocycles. The fourth-order valence-corrected chi connectivity index (χ4v) is 0.955. The summed E-state index contributed by atoms with van der Waals surface area (Å²) in [4.78, 5) is 6.07. The molecule has 13 heavy (non-hydrogen) atoms. The molecule has 1 saturated heterocycles. The first kappa shape index (κ1) is 13.0. The van der Waals surface area contributed by atoms with Crippen molar-refractivity contribution in [2.45, 2.75) is 6.92 Å². The predicted molar refractivity (Wildman–Crippen MR) is 64.5 cm³/mol. The molecule has 0 unspecified atom stereocenters. The standard InChI is InChI=1S/C8H17N3O.HI/c1-8(5-12-6-8)4-10-7(9)11(2)3;/h4-6H2,1-3H3,(H2,9,10);1H. The van der Waals surface area contributed by atoms with Crippen LogP contribution in [0.5, 0.6) is 0 Å². The first-order valence-electron chi connectivity index (χ1n) is 4.08. The monoisotopic (exact) mass is 299 g/mol. The van der Waals surface area contributed by atoms with Gasteiger partial charge < -0.3 is 15.4 Å². The molecule has 0 amide bonds. The average molecular weight is 299 g/mol. The topological polar surface area (TPSA) is 50.8 Å². The highest BCUT2D eigenvalue weighted by Crippen LogP contribution is 2.26. The van der Waals surface area contributed by atoms with Gasteiger partial charge in [-0.15, -0.1) is 24.0 Å². The number of nitrogens with two attached hydrogens (primary N) is 1. The minimum absolute atomic E-state index is 0. The summed E-state index contributed by atoms with van der Waals surface area (Å²) in [5.74, 6) is 0.586. The van der Waals surface area contributed by atoms with Crippen molar-refractivity contribution in [3.63, 3.8) is 0 Å². The Hall–Kier alpha value is -0.0400. The third kappa shape index (κ3) is 3.68. The minimum Gasteiger partial charge on any atom is -0.380 e. The lowest BCUT2D eigenvalue weighted by Gasteiger charge is -2.36. The molecular weight excluding hydrogens is 281 g/mol. The van der Waals surface area contributed by atoms with Gasteiger partial charge in [0.2, 0.25) is 0 Å². The van der Waals surface area contributed by atoms with Crippen LogP contribution in [0.4, 0.5) is 0 Å². The second kappa shape index (κ2) is 4.99. The van der Waals surface area contributed by atoms with Crippen LogP contribution >= 0.6 is 24.0 Å². The molecule has 0 bridgehead atoms. The van der Waals surface area contributed by atoms with Gasteiger partial charge in [0.15, 0.2) is 5.96 Å². The van der Waals surface area contributed by atoms with Crippen molar-refractivity contribution in [2.24, 2.45) is 16.1 Å². The number of hydrogen-bond acceptors (Lipinski definition) is 2. The summed E-state index contributed by atoms with van der Waals surface area (Å²) in [6.07, 6.45) is 0. The Morgan fingerprint density at radius 3 is 2.38 bits per heavy atom. The zero-order chi connectivity index (χ0) is 9.19. The van der Waals surface area contributed by atoms with Gasteiger partial charge in [-0.2, -0.15) is 0 Å². The summed E-state index contributed by atoms with van der Waals surface area (Å²) in [5, 5.41) is 0. The van der Waals surface area contributed by atoms with Crippen LogP contribution in [0, 0.1) is 5.41 Å². The molecule has 0 spiro atoms. The predicted octanol–water partition coefficient (Wildman–Crippen LogP) is 0.517. The van der Waals surface area contributed by atoms with Crippen molar-refractivity contribution in [1.29, 1.82) is 0 Å². The van der Waals surface area contributed by atoms with E-state index in [0.29, 0.717) is 5.96 Å². The quantitative estimate of drug-likeness (QED) is 0.459. The summed E-state index contributed by atoms with van der Waals surface area (Å²) in [7, 11) is 3.77. The summed E-state index contributed by atoms with van der Waals surface area (Å²) in [6.45, 7) is 4.52. The van der Waals surface area contributed by atoms with Crippen molar-refractivity contribution in [1.82, 2.24) is 4.90 Å². The first-order chi connectivity index (χ1) is 5.53. The Kier molecular flexibility index (Phi) is 4.98. The zero-order valence-corrected chi connectivity index (χ0v) is 10.7. The summed E-state index contributed by atoms with van der Waals surface area (Å²) >= 11 is 0. The van der Waals surface area contributed by atoms with Crippen LogP contribution in [0.2, 0.25) is 0 Å². The highest BCUT2D eigenvalue weighted by molar-refractivity contribution is 14.0. The van der Waals surface area contributed by atoms with Crippen molar-refractivity contribution >= 4 is 29.9 Å². The molecule has 0 aromatic carbocycles. The molecular formula is C8H18IN3O. The molecule has 0 atom stereocenters. The maximum Gasteiger partial charge on any atom is 0.190 e. The highest BCUT2D eigenvalue weighted by atomic mass is 127. The Morgan fingerprint density at radius 2 is 2.08 bits per heavy atom. The number of hydrogen-bond donors (Lipinski definition) is 1. The molecule has 5 heteroatoms. The second-order valence-corrected chi connectivity index (χ2v) is 3.87. The molecule has 0 aromatic rings.